The molecule has 0 atom stereocenters. The predicted molar refractivity (Wildman–Crippen MR) is 51.4 cm³/mol. The number of rotatable bonds is 6. The molecule has 1 aliphatic rings. The van der Waals surface area contributed by atoms with E-state index in [1.807, 2.05) is 0 Å². The maximum absolute atomic E-state index is 7.07. The first-order chi connectivity index (χ1) is 5.68. The van der Waals surface area contributed by atoms with Crippen LogP contribution in [0.3, 0.4) is 0 Å². The molecule has 3 heteroatoms. The molecule has 0 heterocycles. The number of nitrogens with two attached hydrogens (primary N) is 1. The summed E-state index contributed by atoms with van der Waals surface area (Å²) in [4.78, 5) is 2.26. The van der Waals surface area contributed by atoms with Crippen molar-refractivity contribution in [3.63, 3.8) is 0 Å². The van der Waals surface area contributed by atoms with Crippen LogP contribution in [0.15, 0.2) is 0 Å². The van der Waals surface area contributed by atoms with E-state index in [0.29, 0.717) is 12.3 Å². The van der Waals surface area contributed by atoms with Gasteiger partial charge in [-0.2, -0.15) is 0 Å². The van der Waals surface area contributed by atoms with Crippen molar-refractivity contribution >= 4 is 5.84 Å². The number of nitrogens with zero attached hydrogens (tertiary/aromatic N) is 1. The lowest BCUT2D eigenvalue weighted by molar-refractivity contribution is 0.331. The van der Waals surface area contributed by atoms with E-state index in [1.54, 1.807) is 0 Å². The fourth-order valence-corrected chi connectivity index (χ4v) is 1.23. The summed E-state index contributed by atoms with van der Waals surface area (Å²) in [6.07, 6.45) is 4.90. The van der Waals surface area contributed by atoms with Crippen molar-refractivity contribution in [2.75, 3.05) is 20.1 Å². The first-order valence-electron chi connectivity index (χ1n) is 4.70. The number of hydrogen-bond acceptors (Lipinski definition) is 2. The Morgan fingerprint density at radius 2 is 2.17 bits per heavy atom. The Morgan fingerprint density at radius 1 is 1.50 bits per heavy atom. The quantitative estimate of drug-likeness (QED) is 0.461. The zero-order chi connectivity index (χ0) is 8.97. The molecule has 1 rings (SSSR count). The minimum Gasteiger partial charge on any atom is -0.388 e. The van der Waals surface area contributed by atoms with Gasteiger partial charge in [0.25, 0.3) is 0 Å². The van der Waals surface area contributed by atoms with Crippen molar-refractivity contribution in [2.24, 2.45) is 11.7 Å². The SMILES string of the molecule is CN(CCC(=N)N)CCC1CC1. The van der Waals surface area contributed by atoms with Crippen LogP contribution in [0.1, 0.15) is 25.7 Å². The molecule has 0 aliphatic heterocycles. The molecule has 1 fully saturated rings. The van der Waals surface area contributed by atoms with Gasteiger partial charge in [-0.05, 0) is 25.9 Å². The molecule has 0 saturated heterocycles. The molecule has 0 amide bonds. The standard InChI is InChI=1S/C9H19N3/c1-12(7-5-9(10)11)6-4-8-2-3-8/h8H,2-7H2,1H3,(H3,10,11). The summed E-state index contributed by atoms with van der Waals surface area (Å²) in [6, 6.07) is 0. The number of hydrogen-bond donors (Lipinski definition) is 2. The smallest absolute Gasteiger partial charge is 0.0918 e. The minimum absolute atomic E-state index is 0.299. The first-order valence-corrected chi connectivity index (χ1v) is 4.70. The fourth-order valence-electron chi connectivity index (χ4n) is 1.23. The van der Waals surface area contributed by atoms with Crippen molar-refractivity contribution in [3.05, 3.63) is 0 Å². The van der Waals surface area contributed by atoms with Crippen LogP contribution < -0.4 is 5.73 Å². The lowest BCUT2D eigenvalue weighted by Gasteiger charge is -2.15. The van der Waals surface area contributed by atoms with Gasteiger partial charge in [0, 0.05) is 13.0 Å². The zero-order valence-electron chi connectivity index (χ0n) is 7.84. The Morgan fingerprint density at radius 3 is 2.67 bits per heavy atom. The number of amidine groups is 1. The summed E-state index contributed by atoms with van der Waals surface area (Å²) >= 11 is 0. The summed E-state index contributed by atoms with van der Waals surface area (Å²) in [5, 5.41) is 7.07. The van der Waals surface area contributed by atoms with E-state index in [4.69, 9.17) is 11.1 Å². The molecule has 0 unspecified atom stereocenters. The van der Waals surface area contributed by atoms with Gasteiger partial charge < -0.3 is 10.6 Å². The molecule has 0 aromatic carbocycles. The second-order valence-electron chi connectivity index (χ2n) is 3.81. The van der Waals surface area contributed by atoms with Crippen LogP contribution in [0.2, 0.25) is 0 Å². The normalized spacial score (nSPS) is 16.8. The van der Waals surface area contributed by atoms with Crippen LogP contribution in [-0.2, 0) is 0 Å². The van der Waals surface area contributed by atoms with E-state index in [1.165, 1.54) is 19.3 Å². The molecule has 1 saturated carbocycles. The van der Waals surface area contributed by atoms with Gasteiger partial charge in [-0.1, -0.05) is 12.8 Å². The highest BCUT2D eigenvalue weighted by Crippen LogP contribution is 2.32. The van der Waals surface area contributed by atoms with Gasteiger partial charge in [0.1, 0.15) is 0 Å². The Bertz CT molecular complexity index is 152. The summed E-state index contributed by atoms with van der Waals surface area (Å²) < 4.78 is 0. The van der Waals surface area contributed by atoms with Gasteiger partial charge in [-0.15, -0.1) is 0 Å². The van der Waals surface area contributed by atoms with Crippen molar-refractivity contribution in [1.82, 2.24) is 4.90 Å². The van der Waals surface area contributed by atoms with E-state index in [-0.39, 0.29) is 0 Å². The monoisotopic (exact) mass is 169 g/mol. The lowest BCUT2D eigenvalue weighted by Crippen LogP contribution is -2.25. The lowest BCUT2D eigenvalue weighted by atomic mass is 10.2. The molecular weight excluding hydrogens is 150 g/mol. The highest BCUT2D eigenvalue weighted by molar-refractivity contribution is 5.76. The Labute approximate surface area is 74.4 Å². The molecule has 70 valence electrons. The summed E-state index contributed by atoms with van der Waals surface area (Å²) in [5.41, 5.74) is 5.27. The highest BCUT2D eigenvalue weighted by atomic mass is 15.1. The summed E-state index contributed by atoms with van der Waals surface area (Å²) in [6.45, 7) is 2.10. The first kappa shape index (κ1) is 9.52. The zero-order valence-corrected chi connectivity index (χ0v) is 7.84. The predicted octanol–water partition coefficient (Wildman–Crippen LogP) is 1.04. The third-order valence-electron chi connectivity index (χ3n) is 2.38. The van der Waals surface area contributed by atoms with Crippen molar-refractivity contribution in [2.45, 2.75) is 25.7 Å². The van der Waals surface area contributed by atoms with E-state index < -0.39 is 0 Å². The van der Waals surface area contributed by atoms with E-state index in [9.17, 15) is 0 Å². The van der Waals surface area contributed by atoms with Gasteiger partial charge in [0.15, 0.2) is 0 Å². The van der Waals surface area contributed by atoms with Crippen LogP contribution in [0.25, 0.3) is 0 Å². The Hall–Kier alpha value is -0.570. The van der Waals surface area contributed by atoms with E-state index in [2.05, 4.69) is 11.9 Å². The van der Waals surface area contributed by atoms with Crippen LogP contribution in [0.5, 0.6) is 0 Å². The molecular formula is C9H19N3. The third-order valence-corrected chi connectivity index (χ3v) is 2.38. The summed E-state index contributed by atoms with van der Waals surface area (Å²) in [7, 11) is 2.10. The fraction of sp³-hybridized carbons (Fsp3) is 0.889. The van der Waals surface area contributed by atoms with Crippen LogP contribution in [0.4, 0.5) is 0 Å². The van der Waals surface area contributed by atoms with Crippen LogP contribution in [-0.4, -0.2) is 30.9 Å². The molecule has 3 N–H and O–H groups in total. The minimum atomic E-state index is 0.299. The Balaban J connectivity index is 1.94. The van der Waals surface area contributed by atoms with E-state index in [0.717, 1.165) is 19.0 Å². The van der Waals surface area contributed by atoms with E-state index >= 15 is 0 Å². The molecule has 1 aliphatic carbocycles. The van der Waals surface area contributed by atoms with Crippen molar-refractivity contribution in [1.29, 1.82) is 5.41 Å². The van der Waals surface area contributed by atoms with Crippen molar-refractivity contribution < 1.29 is 0 Å². The molecule has 0 aromatic heterocycles. The maximum Gasteiger partial charge on any atom is 0.0918 e. The third kappa shape index (κ3) is 4.34. The van der Waals surface area contributed by atoms with Gasteiger partial charge in [0.05, 0.1) is 5.84 Å². The molecule has 0 radical (unpaired) electrons. The number of nitrogens with one attached hydrogen (secondary N) is 1. The maximum atomic E-state index is 7.07. The molecule has 12 heavy (non-hydrogen) atoms. The topological polar surface area (TPSA) is 53.1 Å². The van der Waals surface area contributed by atoms with Crippen molar-refractivity contribution in [3.8, 4) is 0 Å². The highest BCUT2D eigenvalue weighted by Gasteiger charge is 2.20. The van der Waals surface area contributed by atoms with Gasteiger partial charge in [-0.25, -0.2) is 0 Å². The summed E-state index contributed by atoms with van der Waals surface area (Å²) in [5.74, 6) is 1.30. The van der Waals surface area contributed by atoms with Crippen LogP contribution >= 0.6 is 0 Å². The molecule has 0 aromatic rings. The second kappa shape index (κ2) is 4.45. The van der Waals surface area contributed by atoms with Gasteiger partial charge >= 0.3 is 0 Å². The largest absolute Gasteiger partial charge is 0.388 e. The molecule has 0 bridgehead atoms. The van der Waals surface area contributed by atoms with Gasteiger partial charge in [-0.3, -0.25) is 5.41 Å². The molecule has 3 nitrogen and oxygen atoms in total. The molecule has 0 spiro atoms. The Kier molecular flexibility index (Phi) is 3.53. The second-order valence-corrected chi connectivity index (χ2v) is 3.81. The van der Waals surface area contributed by atoms with Gasteiger partial charge in [0.2, 0.25) is 0 Å². The van der Waals surface area contributed by atoms with Crippen LogP contribution in [0, 0.1) is 11.3 Å². The average Bonchev–Trinajstić information content (AvgIpc) is 2.80. The average molecular weight is 169 g/mol.